The molecular formula is C20H14ClF2N5O3. The molecule has 0 aliphatic heterocycles. The lowest BCUT2D eigenvalue weighted by molar-refractivity contribution is -0.0964. The lowest BCUT2D eigenvalue weighted by Crippen LogP contribution is -2.21. The molecule has 0 aliphatic carbocycles. The van der Waals surface area contributed by atoms with Crippen LogP contribution in [0.3, 0.4) is 0 Å². The lowest BCUT2D eigenvalue weighted by atomic mass is 10.2. The molecule has 0 bridgehead atoms. The Morgan fingerprint density at radius 1 is 1.13 bits per heavy atom. The average molecular weight is 446 g/mol. The normalized spacial score (nSPS) is 11.5. The maximum absolute atomic E-state index is 12.7. The van der Waals surface area contributed by atoms with Gasteiger partial charge in [0.1, 0.15) is 11.3 Å². The fourth-order valence-corrected chi connectivity index (χ4v) is 3.03. The molecule has 0 spiro atoms. The van der Waals surface area contributed by atoms with Crippen molar-refractivity contribution in [1.29, 1.82) is 0 Å². The summed E-state index contributed by atoms with van der Waals surface area (Å²) in [6.45, 7) is 0. The van der Waals surface area contributed by atoms with Crippen LogP contribution in [0.4, 0.5) is 14.5 Å². The van der Waals surface area contributed by atoms with Crippen molar-refractivity contribution in [3.8, 4) is 11.4 Å². The first kappa shape index (κ1) is 20.5. The molecule has 11 heteroatoms. The molecule has 4 rings (SSSR count). The summed E-state index contributed by atoms with van der Waals surface area (Å²) < 4.78 is 32.5. The van der Waals surface area contributed by atoms with Crippen LogP contribution in [0.5, 0.6) is 5.75 Å². The van der Waals surface area contributed by atoms with Gasteiger partial charge in [-0.05, 0) is 48.5 Å². The molecule has 31 heavy (non-hydrogen) atoms. The molecule has 2 heterocycles. The number of nitrogens with one attached hydrogen (secondary N) is 1. The molecule has 4 aromatic rings. The van der Waals surface area contributed by atoms with Gasteiger partial charge in [-0.2, -0.15) is 0 Å². The van der Waals surface area contributed by atoms with Crippen LogP contribution in [0.25, 0.3) is 16.7 Å². The summed E-state index contributed by atoms with van der Waals surface area (Å²) in [6, 6.07) is 13.1. The van der Waals surface area contributed by atoms with Gasteiger partial charge in [0.05, 0.1) is 16.8 Å². The summed E-state index contributed by atoms with van der Waals surface area (Å²) in [5.74, 6) is -0.656. The van der Waals surface area contributed by atoms with E-state index in [1.54, 1.807) is 29.9 Å². The molecule has 158 valence electrons. The number of carbonyl (C=O) groups excluding carboxylic acids is 1. The van der Waals surface area contributed by atoms with E-state index < -0.39 is 11.5 Å². The van der Waals surface area contributed by atoms with Crippen molar-refractivity contribution >= 4 is 34.2 Å². The third kappa shape index (κ3) is 4.53. The van der Waals surface area contributed by atoms with Crippen LogP contribution in [0.2, 0.25) is 0 Å². The Morgan fingerprint density at radius 3 is 2.58 bits per heavy atom. The third-order valence-corrected chi connectivity index (χ3v) is 4.47. The lowest BCUT2D eigenvalue weighted by Gasteiger charge is -2.12. The minimum absolute atomic E-state index is 0.161. The van der Waals surface area contributed by atoms with Crippen LogP contribution in [0.1, 0.15) is 10.4 Å². The third-order valence-electron chi connectivity index (χ3n) is 4.39. The Morgan fingerprint density at radius 2 is 1.87 bits per heavy atom. The van der Waals surface area contributed by atoms with Crippen molar-refractivity contribution in [2.24, 2.45) is 7.05 Å². The molecule has 0 saturated heterocycles. The van der Waals surface area contributed by atoms with Crippen LogP contribution in [0.15, 0.2) is 65.6 Å². The molecule has 8 nitrogen and oxygen atoms in total. The zero-order valence-electron chi connectivity index (χ0n) is 15.9. The SMILES string of the molecule is Cn1nnc2cc(-n3cc(C(=O)Nc4ccc(OC(F)(F)Cl)cc4)ccc3=O)ccc21. The zero-order valence-corrected chi connectivity index (χ0v) is 16.7. The highest BCUT2D eigenvalue weighted by Crippen LogP contribution is 2.26. The van der Waals surface area contributed by atoms with Gasteiger partial charge < -0.3 is 10.1 Å². The van der Waals surface area contributed by atoms with E-state index >= 15 is 0 Å². The van der Waals surface area contributed by atoms with Crippen molar-refractivity contribution in [3.63, 3.8) is 0 Å². The number of halogens is 3. The Labute approximate surface area is 178 Å². The molecule has 0 fully saturated rings. The highest BCUT2D eigenvalue weighted by atomic mass is 35.5. The van der Waals surface area contributed by atoms with Gasteiger partial charge in [-0.3, -0.25) is 14.2 Å². The van der Waals surface area contributed by atoms with Crippen molar-refractivity contribution in [1.82, 2.24) is 19.6 Å². The minimum Gasteiger partial charge on any atom is -0.420 e. The van der Waals surface area contributed by atoms with E-state index in [4.69, 9.17) is 11.6 Å². The van der Waals surface area contributed by atoms with Crippen LogP contribution in [-0.4, -0.2) is 31.0 Å². The van der Waals surface area contributed by atoms with Crippen molar-refractivity contribution < 1.29 is 18.3 Å². The number of carbonyl (C=O) groups is 1. The number of alkyl halides is 3. The van der Waals surface area contributed by atoms with Crippen LogP contribution < -0.4 is 15.6 Å². The Kier molecular flexibility index (Phi) is 5.15. The molecule has 0 saturated carbocycles. The van der Waals surface area contributed by atoms with Crippen molar-refractivity contribution in [2.45, 2.75) is 5.57 Å². The van der Waals surface area contributed by atoms with E-state index in [1.807, 2.05) is 0 Å². The number of aromatic nitrogens is 4. The molecule has 0 unspecified atom stereocenters. The zero-order chi connectivity index (χ0) is 22.2. The van der Waals surface area contributed by atoms with Crippen LogP contribution in [-0.2, 0) is 7.05 Å². The summed E-state index contributed by atoms with van der Waals surface area (Å²) in [5.41, 5.74) is -1.68. The van der Waals surface area contributed by atoms with Crippen LogP contribution >= 0.6 is 11.6 Å². The van der Waals surface area contributed by atoms with Gasteiger partial charge in [0.25, 0.3) is 11.5 Å². The van der Waals surface area contributed by atoms with Crippen molar-refractivity contribution in [2.75, 3.05) is 5.32 Å². The first-order valence-corrected chi connectivity index (χ1v) is 9.27. The monoisotopic (exact) mass is 445 g/mol. The summed E-state index contributed by atoms with van der Waals surface area (Å²) in [5, 5.41) is 10.6. The number of anilines is 1. The second-order valence-electron chi connectivity index (χ2n) is 6.54. The van der Waals surface area contributed by atoms with Gasteiger partial charge >= 0.3 is 5.57 Å². The second-order valence-corrected chi connectivity index (χ2v) is 6.98. The maximum atomic E-state index is 12.7. The molecular weight excluding hydrogens is 432 g/mol. The molecule has 1 N–H and O–H groups in total. The number of ether oxygens (including phenoxy) is 1. The van der Waals surface area contributed by atoms with E-state index in [0.29, 0.717) is 16.9 Å². The number of amides is 1. The number of aryl methyl sites for hydroxylation is 1. The highest BCUT2D eigenvalue weighted by Gasteiger charge is 2.27. The number of hydrogen-bond acceptors (Lipinski definition) is 5. The van der Waals surface area contributed by atoms with Gasteiger partial charge in [-0.15, -0.1) is 13.9 Å². The van der Waals surface area contributed by atoms with Gasteiger partial charge in [0.2, 0.25) is 0 Å². The number of rotatable bonds is 5. The van der Waals surface area contributed by atoms with Gasteiger partial charge in [-0.1, -0.05) is 5.21 Å². The van der Waals surface area contributed by atoms with E-state index in [2.05, 4.69) is 20.4 Å². The Hall–Kier alpha value is -3.79. The van der Waals surface area contributed by atoms with Gasteiger partial charge in [0, 0.05) is 36.6 Å². The second kappa shape index (κ2) is 7.80. The summed E-state index contributed by atoms with van der Waals surface area (Å²) in [7, 11) is 1.76. The number of fused-ring (bicyclic) bond motifs is 1. The fourth-order valence-electron chi connectivity index (χ4n) is 2.95. The molecule has 0 radical (unpaired) electrons. The molecule has 2 aromatic heterocycles. The quantitative estimate of drug-likeness (QED) is 0.474. The number of pyridine rings is 1. The van der Waals surface area contributed by atoms with Gasteiger partial charge in [-0.25, -0.2) is 4.68 Å². The number of benzene rings is 2. The topological polar surface area (TPSA) is 91.0 Å². The van der Waals surface area contributed by atoms with E-state index in [9.17, 15) is 18.4 Å². The van der Waals surface area contributed by atoms with E-state index in [-0.39, 0.29) is 16.9 Å². The first-order chi connectivity index (χ1) is 14.7. The van der Waals surface area contributed by atoms with E-state index in [0.717, 1.165) is 5.52 Å². The predicted molar refractivity (Wildman–Crippen MR) is 110 cm³/mol. The van der Waals surface area contributed by atoms with Crippen molar-refractivity contribution in [3.05, 3.63) is 76.7 Å². The minimum atomic E-state index is -3.83. The highest BCUT2D eigenvalue weighted by molar-refractivity contribution is 6.20. The Bertz CT molecular complexity index is 1330. The predicted octanol–water partition coefficient (Wildman–Crippen LogP) is 3.54. The maximum Gasteiger partial charge on any atom is 0.487 e. The number of hydrogen-bond donors (Lipinski definition) is 1. The Balaban J connectivity index is 1.57. The van der Waals surface area contributed by atoms with E-state index in [1.165, 1.54) is 47.2 Å². The fraction of sp³-hybridized carbons (Fsp3) is 0.100. The van der Waals surface area contributed by atoms with Gasteiger partial charge in [0.15, 0.2) is 0 Å². The molecule has 0 atom stereocenters. The summed E-state index contributed by atoms with van der Waals surface area (Å²) >= 11 is 4.72. The van der Waals surface area contributed by atoms with Crippen LogP contribution in [0, 0.1) is 0 Å². The summed E-state index contributed by atoms with van der Waals surface area (Å²) in [4.78, 5) is 25.0. The molecule has 0 aliphatic rings. The first-order valence-electron chi connectivity index (χ1n) is 8.89. The summed E-state index contributed by atoms with van der Waals surface area (Å²) in [6.07, 6.45) is 1.40. The standard InChI is InChI=1S/C20H14ClF2N5O3/c1-27-17-8-5-14(10-16(17)25-26-27)28-11-12(2-9-18(28)29)19(30)24-13-3-6-15(7-4-13)31-20(21,22)23/h2-11H,1H3,(H,24,30). The smallest absolute Gasteiger partial charge is 0.420 e. The average Bonchev–Trinajstić information content (AvgIpc) is 3.09. The molecule has 1 amide bonds. The largest absolute Gasteiger partial charge is 0.487 e. The molecule has 2 aromatic carbocycles. The number of nitrogens with zero attached hydrogens (tertiary/aromatic N) is 4.